The van der Waals surface area contributed by atoms with Crippen LogP contribution in [0.2, 0.25) is 0 Å². The maximum atomic E-state index is 14.4. The van der Waals surface area contributed by atoms with Gasteiger partial charge in [-0.2, -0.15) is 4.58 Å². The van der Waals surface area contributed by atoms with Crippen LogP contribution < -0.4 is 14.5 Å². The molecule has 3 aromatic rings. The van der Waals surface area contributed by atoms with Gasteiger partial charge in [-0.25, -0.2) is 13.4 Å². The van der Waals surface area contributed by atoms with Crippen molar-refractivity contribution in [2.75, 3.05) is 38.0 Å². The molecule has 0 saturated carbocycles. The summed E-state index contributed by atoms with van der Waals surface area (Å²) in [6.07, 6.45) is 7.79. The molecule has 196 valence electrons. The van der Waals surface area contributed by atoms with Crippen molar-refractivity contribution in [2.45, 2.75) is 28.5 Å². The van der Waals surface area contributed by atoms with Crippen LogP contribution in [0.1, 0.15) is 22.3 Å². The summed E-state index contributed by atoms with van der Waals surface area (Å²) in [5.41, 5.74) is 5.24. The molecule has 4 heterocycles. The Hall–Kier alpha value is -4.17. The van der Waals surface area contributed by atoms with E-state index in [0.717, 1.165) is 33.9 Å². The number of fused-ring (bicyclic) bond motifs is 9. The van der Waals surface area contributed by atoms with Gasteiger partial charge in [0.25, 0.3) is 11.9 Å². The smallest absolute Gasteiger partial charge is 0.271 e. The number of allylic oxidation sites excluding steroid dienone is 2. The van der Waals surface area contributed by atoms with Crippen LogP contribution in [0.4, 0.5) is 11.4 Å². The van der Waals surface area contributed by atoms with Gasteiger partial charge in [-0.05, 0) is 43.3 Å². The van der Waals surface area contributed by atoms with Gasteiger partial charge in [-0.3, -0.25) is 0 Å². The molecular weight excluding hydrogens is 508 g/mol. The number of sulfone groups is 1. The number of hydrogen-bond acceptors (Lipinski definition) is 6. The first-order valence-electron chi connectivity index (χ1n) is 12.9. The molecule has 0 aliphatic carbocycles. The molecule has 0 fully saturated rings. The van der Waals surface area contributed by atoms with Crippen LogP contribution in [0, 0.1) is 6.92 Å². The average molecular weight is 538 g/mol. The maximum absolute atomic E-state index is 14.4. The molecule has 0 saturated heterocycles. The summed E-state index contributed by atoms with van der Waals surface area (Å²) in [5, 5.41) is 0. The van der Waals surface area contributed by atoms with Crippen LogP contribution in [0.5, 0.6) is 5.75 Å². The number of nitrogens with zero attached hydrogens (tertiary/aromatic N) is 4. The number of aryl methyl sites for hydroxylation is 1. The molecule has 0 aromatic heterocycles. The topological polar surface area (TPSA) is 65.2 Å². The van der Waals surface area contributed by atoms with E-state index in [1.807, 2.05) is 98.8 Å². The number of hydrogen-bond donors (Lipinski definition) is 0. The quantitative estimate of drug-likeness (QED) is 0.457. The van der Waals surface area contributed by atoms with Crippen LogP contribution >= 0.6 is 0 Å². The lowest BCUT2D eigenvalue weighted by atomic mass is 9.76. The minimum atomic E-state index is -3.87. The third-order valence-corrected chi connectivity index (χ3v) is 9.79. The van der Waals surface area contributed by atoms with Gasteiger partial charge < -0.3 is 14.5 Å². The summed E-state index contributed by atoms with van der Waals surface area (Å²) in [4.78, 5) is 9.49. The highest BCUT2D eigenvalue weighted by molar-refractivity contribution is 7.91. The van der Waals surface area contributed by atoms with Crippen LogP contribution in [0.15, 0.2) is 93.8 Å². The summed E-state index contributed by atoms with van der Waals surface area (Å²) in [6.45, 7) is 2.05. The predicted octanol–water partition coefficient (Wildman–Crippen LogP) is 4.28. The Morgan fingerprint density at radius 2 is 1.51 bits per heavy atom. The summed E-state index contributed by atoms with van der Waals surface area (Å²) >= 11 is 0. The van der Waals surface area contributed by atoms with Crippen molar-refractivity contribution in [2.24, 2.45) is 4.99 Å². The third kappa shape index (κ3) is 3.12. The standard InChI is InChI=1S/C31H29N4O3S/c1-19-9-14-25-22(16-19)29-30(35-15-7-6-8-28(35)32-29)31(38-25)23-12-10-20(33(2)3)17-26(23)39(36,37)27-18-21(34(4)5)11-13-24(27)31/h6-18,28H,1-5H3/q+1. The van der Waals surface area contributed by atoms with Crippen molar-refractivity contribution in [1.29, 1.82) is 0 Å². The largest absolute Gasteiger partial charge is 0.466 e. The van der Waals surface area contributed by atoms with Crippen molar-refractivity contribution >= 4 is 32.6 Å². The lowest BCUT2D eigenvalue weighted by Gasteiger charge is -2.42. The summed E-state index contributed by atoms with van der Waals surface area (Å²) < 4.78 is 38.0. The van der Waals surface area contributed by atoms with E-state index in [1.165, 1.54) is 0 Å². The normalized spacial score (nSPS) is 20.3. The molecule has 0 amide bonds. The lowest BCUT2D eigenvalue weighted by molar-refractivity contribution is -0.484. The zero-order valence-corrected chi connectivity index (χ0v) is 23.3. The van der Waals surface area contributed by atoms with Crippen LogP contribution in [0.25, 0.3) is 0 Å². The molecule has 1 unspecified atom stereocenters. The predicted molar refractivity (Wildman–Crippen MR) is 153 cm³/mol. The minimum Gasteiger partial charge on any atom is -0.466 e. The molecule has 8 heteroatoms. The lowest BCUT2D eigenvalue weighted by Crippen LogP contribution is -2.54. The molecule has 4 aliphatic heterocycles. The Labute approximate surface area is 228 Å². The summed E-state index contributed by atoms with van der Waals surface area (Å²) in [6, 6.07) is 17.3. The van der Waals surface area contributed by atoms with Crippen molar-refractivity contribution in [3.8, 4) is 5.75 Å². The number of aliphatic imine (C=N–C) groups is 1. The van der Waals surface area contributed by atoms with Crippen molar-refractivity contribution < 1.29 is 17.7 Å². The van der Waals surface area contributed by atoms with E-state index in [4.69, 9.17) is 9.73 Å². The van der Waals surface area contributed by atoms with Gasteiger partial charge in [0.1, 0.15) is 11.5 Å². The number of anilines is 2. The van der Waals surface area contributed by atoms with Gasteiger partial charge >= 0.3 is 0 Å². The second kappa shape index (κ2) is 7.93. The van der Waals surface area contributed by atoms with Crippen molar-refractivity contribution in [3.05, 3.63) is 101 Å². The molecule has 39 heavy (non-hydrogen) atoms. The molecule has 7 nitrogen and oxygen atoms in total. The monoisotopic (exact) mass is 537 g/mol. The first-order valence-corrected chi connectivity index (χ1v) is 14.4. The van der Waals surface area contributed by atoms with Gasteiger partial charge in [-0.1, -0.05) is 29.8 Å². The fourth-order valence-electron chi connectivity index (χ4n) is 6.02. The zero-order chi connectivity index (χ0) is 27.3. The molecule has 1 spiro atoms. The van der Waals surface area contributed by atoms with E-state index in [-0.39, 0.29) is 16.0 Å². The first-order chi connectivity index (χ1) is 18.6. The molecule has 4 aliphatic rings. The Kier molecular flexibility index (Phi) is 4.86. The van der Waals surface area contributed by atoms with Crippen molar-refractivity contribution in [1.82, 2.24) is 0 Å². The van der Waals surface area contributed by atoms with E-state index >= 15 is 0 Å². The van der Waals surface area contributed by atoms with E-state index < -0.39 is 15.4 Å². The van der Waals surface area contributed by atoms with E-state index in [2.05, 4.69) is 17.6 Å². The van der Waals surface area contributed by atoms with E-state index in [1.54, 1.807) is 12.1 Å². The highest BCUT2D eigenvalue weighted by Gasteiger charge is 2.62. The van der Waals surface area contributed by atoms with Gasteiger partial charge in [-0.15, -0.1) is 0 Å². The van der Waals surface area contributed by atoms with Gasteiger partial charge in [0.15, 0.2) is 6.20 Å². The molecule has 0 N–H and O–H groups in total. The maximum Gasteiger partial charge on any atom is 0.271 e. The van der Waals surface area contributed by atoms with Gasteiger partial charge in [0.2, 0.25) is 15.4 Å². The fraction of sp³-hybridized carbons (Fsp3) is 0.226. The number of rotatable bonds is 2. The molecule has 3 aromatic carbocycles. The van der Waals surface area contributed by atoms with Gasteiger partial charge in [0, 0.05) is 68.4 Å². The molecule has 0 bridgehead atoms. The van der Waals surface area contributed by atoms with Crippen LogP contribution in [0.3, 0.4) is 0 Å². The van der Waals surface area contributed by atoms with Crippen LogP contribution in [-0.2, 0) is 15.4 Å². The average Bonchev–Trinajstić information content (AvgIpc) is 3.32. The Morgan fingerprint density at radius 1 is 0.872 bits per heavy atom. The third-order valence-electron chi connectivity index (χ3n) is 7.96. The molecule has 1 atom stereocenters. The Bertz CT molecular complexity index is 1760. The molecule has 0 radical (unpaired) electrons. The first kappa shape index (κ1) is 23.9. The van der Waals surface area contributed by atoms with Crippen LogP contribution in [-0.4, -0.2) is 58.8 Å². The highest BCUT2D eigenvalue weighted by Crippen LogP contribution is 2.53. The molecule has 7 rings (SSSR count). The van der Waals surface area contributed by atoms with E-state index in [0.29, 0.717) is 16.9 Å². The Balaban J connectivity index is 1.66. The second-order valence-electron chi connectivity index (χ2n) is 10.8. The number of ether oxygens (including phenoxy) is 1. The fourth-order valence-corrected chi connectivity index (χ4v) is 7.82. The Morgan fingerprint density at radius 3 is 2.13 bits per heavy atom. The number of benzene rings is 3. The summed E-state index contributed by atoms with van der Waals surface area (Å²) in [5.74, 6) is 0.681. The second-order valence-corrected chi connectivity index (χ2v) is 12.7. The zero-order valence-electron chi connectivity index (χ0n) is 22.5. The minimum absolute atomic E-state index is 0.237. The summed E-state index contributed by atoms with van der Waals surface area (Å²) in [7, 11) is 3.77. The highest BCUT2D eigenvalue weighted by atomic mass is 32.2. The SMILES string of the molecule is Cc1ccc2c(c1)C1=NC3C=CC=C[N+]3=C1C1(O2)c2ccc(N(C)C)cc2S(=O)(=O)c2cc(N(C)C)ccc21. The van der Waals surface area contributed by atoms with E-state index in [9.17, 15) is 8.42 Å². The van der Waals surface area contributed by atoms with Gasteiger partial charge in [0.05, 0.1) is 9.79 Å². The van der Waals surface area contributed by atoms with Crippen molar-refractivity contribution in [3.63, 3.8) is 0 Å². The molecular formula is C31H29N4O3S+.